The van der Waals surface area contributed by atoms with Crippen molar-refractivity contribution >= 4 is 22.9 Å². The van der Waals surface area contributed by atoms with Crippen LogP contribution in [0, 0.1) is 0 Å². The van der Waals surface area contributed by atoms with E-state index in [1.54, 1.807) is 18.2 Å². The normalized spacial score (nSPS) is 10.6. The topological polar surface area (TPSA) is 112 Å². The third-order valence-corrected chi connectivity index (χ3v) is 2.23. The summed E-state index contributed by atoms with van der Waals surface area (Å²) in [6.07, 6.45) is 1.32. The second kappa shape index (κ2) is 3.67. The number of H-pyrrole nitrogens is 2. The molecule has 3 rings (SSSR count). The van der Waals surface area contributed by atoms with E-state index in [2.05, 4.69) is 35.9 Å². The number of nitrogens with zero attached hydrogens (tertiary/aromatic N) is 4. The van der Waals surface area contributed by atoms with Gasteiger partial charge in [0.25, 0.3) is 5.91 Å². The van der Waals surface area contributed by atoms with Crippen molar-refractivity contribution in [3.8, 4) is 0 Å². The molecule has 3 N–H and O–H groups in total. The number of carbonyl (C=O) groups excluding carboxylic acids is 1. The number of amides is 1. The maximum absolute atomic E-state index is 11.8. The lowest BCUT2D eigenvalue weighted by molar-refractivity contribution is 0.102. The Bertz CT molecular complexity index is 657. The predicted octanol–water partition coefficient (Wildman–Crippen LogP) is 0.328. The largest absolute Gasteiger partial charge is 0.291 e. The lowest BCUT2D eigenvalue weighted by Gasteiger charge is -2.00. The third-order valence-electron chi connectivity index (χ3n) is 2.23. The van der Waals surface area contributed by atoms with Crippen LogP contribution in [0.5, 0.6) is 0 Å². The molecule has 0 unspecified atom stereocenters. The molecular formula is C9H7N7O. The Morgan fingerprint density at radius 3 is 2.94 bits per heavy atom. The number of fused-ring (bicyclic) bond motifs is 1. The van der Waals surface area contributed by atoms with Crippen LogP contribution in [0.25, 0.3) is 11.0 Å². The molecule has 0 saturated carbocycles. The summed E-state index contributed by atoms with van der Waals surface area (Å²) < 4.78 is 0. The van der Waals surface area contributed by atoms with E-state index in [9.17, 15) is 4.79 Å². The highest BCUT2D eigenvalue weighted by molar-refractivity contribution is 6.04. The number of rotatable bonds is 2. The van der Waals surface area contributed by atoms with Crippen LogP contribution < -0.4 is 5.32 Å². The fourth-order valence-electron chi connectivity index (χ4n) is 1.43. The van der Waals surface area contributed by atoms with Gasteiger partial charge in [-0.15, -0.1) is 0 Å². The Morgan fingerprint density at radius 1 is 1.24 bits per heavy atom. The average Bonchev–Trinajstić information content (AvgIpc) is 2.97. The van der Waals surface area contributed by atoms with Crippen molar-refractivity contribution in [1.29, 1.82) is 0 Å². The lowest BCUT2D eigenvalue weighted by Crippen LogP contribution is -2.12. The first-order valence-electron chi connectivity index (χ1n) is 4.80. The van der Waals surface area contributed by atoms with Gasteiger partial charge in [-0.05, 0) is 18.2 Å². The molecule has 1 aromatic carbocycles. The minimum atomic E-state index is -0.286. The monoisotopic (exact) mass is 229 g/mol. The van der Waals surface area contributed by atoms with Crippen molar-refractivity contribution < 1.29 is 4.79 Å². The van der Waals surface area contributed by atoms with E-state index >= 15 is 0 Å². The van der Waals surface area contributed by atoms with E-state index in [4.69, 9.17) is 0 Å². The van der Waals surface area contributed by atoms with Gasteiger partial charge in [0.05, 0.1) is 0 Å². The Morgan fingerprint density at radius 2 is 2.12 bits per heavy atom. The fourth-order valence-corrected chi connectivity index (χ4v) is 1.43. The minimum absolute atomic E-state index is 0.286. The number of anilines is 1. The zero-order valence-electron chi connectivity index (χ0n) is 8.51. The van der Waals surface area contributed by atoms with E-state index in [0.29, 0.717) is 22.5 Å². The Hall–Kier alpha value is -2.77. The second-order valence-corrected chi connectivity index (χ2v) is 3.32. The second-order valence-electron chi connectivity index (χ2n) is 3.32. The average molecular weight is 229 g/mol. The number of benzene rings is 1. The lowest BCUT2D eigenvalue weighted by atomic mass is 10.2. The van der Waals surface area contributed by atoms with Crippen LogP contribution >= 0.6 is 0 Å². The Kier molecular flexibility index (Phi) is 2.04. The molecule has 17 heavy (non-hydrogen) atoms. The molecule has 8 heteroatoms. The van der Waals surface area contributed by atoms with Gasteiger partial charge in [-0.3, -0.25) is 10.1 Å². The highest BCUT2D eigenvalue weighted by atomic mass is 16.1. The summed E-state index contributed by atoms with van der Waals surface area (Å²) in [4.78, 5) is 15.6. The van der Waals surface area contributed by atoms with Crippen molar-refractivity contribution in [1.82, 2.24) is 30.6 Å². The molecule has 2 aromatic heterocycles. The summed E-state index contributed by atoms with van der Waals surface area (Å²) in [7, 11) is 0. The van der Waals surface area contributed by atoms with E-state index in [-0.39, 0.29) is 5.91 Å². The fraction of sp³-hybridized carbons (Fsp3) is 0. The van der Waals surface area contributed by atoms with Gasteiger partial charge in [0.1, 0.15) is 17.4 Å². The first kappa shape index (κ1) is 9.46. The standard InChI is InChI=1S/C9H7N7O/c17-8(12-9-10-4-11-15-9)5-1-2-6-7(3-5)14-16-13-6/h1-4H,(H,13,14,16)(H2,10,11,12,15,17). The maximum Gasteiger partial charge on any atom is 0.258 e. The number of aromatic amines is 2. The van der Waals surface area contributed by atoms with Gasteiger partial charge < -0.3 is 0 Å². The highest BCUT2D eigenvalue weighted by Gasteiger charge is 2.09. The molecule has 0 bridgehead atoms. The van der Waals surface area contributed by atoms with Crippen LogP contribution in [0.15, 0.2) is 24.5 Å². The number of carbonyl (C=O) groups is 1. The molecule has 0 spiro atoms. The first-order chi connectivity index (χ1) is 8.33. The SMILES string of the molecule is O=C(Nc1ncn[nH]1)c1ccc2n[nH]nc2c1. The van der Waals surface area contributed by atoms with Gasteiger partial charge in [0.2, 0.25) is 5.95 Å². The molecule has 84 valence electrons. The van der Waals surface area contributed by atoms with Gasteiger partial charge in [0, 0.05) is 5.56 Å². The summed E-state index contributed by atoms with van der Waals surface area (Å²) >= 11 is 0. The van der Waals surface area contributed by atoms with Gasteiger partial charge >= 0.3 is 0 Å². The van der Waals surface area contributed by atoms with Crippen LogP contribution in [0.4, 0.5) is 5.95 Å². The van der Waals surface area contributed by atoms with Crippen LogP contribution in [0.2, 0.25) is 0 Å². The maximum atomic E-state index is 11.8. The molecule has 0 aliphatic rings. The quantitative estimate of drug-likeness (QED) is 0.586. The molecule has 8 nitrogen and oxygen atoms in total. The van der Waals surface area contributed by atoms with Crippen molar-refractivity contribution in [2.45, 2.75) is 0 Å². The van der Waals surface area contributed by atoms with Gasteiger partial charge in [-0.2, -0.15) is 25.5 Å². The van der Waals surface area contributed by atoms with Crippen LogP contribution in [0.1, 0.15) is 10.4 Å². The summed E-state index contributed by atoms with van der Waals surface area (Å²) in [5.74, 6) is 0.0156. The molecule has 2 heterocycles. The predicted molar refractivity (Wildman–Crippen MR) is 58.2 cm³/mol. The molecule has 1 amide bonds. The summed E-state index contributed by atoms with van der Waals surface area (Å²) in [6.45, 7) is 0. The van der Waals surface area contributed by atoms with Crippen LogP contribution in [-0.2, 0) is 0 Å². The Labute approximate surface area is 94.4 Å². The number of hydrogen-bond acceptors (Lipinski definition) is 5. The molecule has 0 saturated heterocycles. The minimum Gasteiger partial charge on any atom is -0.291 e. The van der Waals surface area contributed by atoms with E-state index in [1.807, 2.05) is 0 Å². The van der Waals surface area contributed by atoms with E-state index in [1.165, 1.54) is 6.33 Å². The first-order valence-corrected chi connectivity index (χ1v) is 4.80. The van der Waals surface area contributed by atoms with Crippen molar-refractivity contribution in [3.05, 3.63) is 30.1 Å². The summed E-state index contributed by atoms with van der Waals surface area (Å²) in [6, 6.07) is 5.02. The van der Waals surface area contributed by atoms with Crippen LogP contribution in [0.3, 0.4) is 0 Å². The molecule has 0 radical (unpaired) electrons. The third kappa shape index (κ3) is 1.71. The Balaban J connectivity index is 1.90. The molecule has 0 aliphatic heterocycles. The number of aromatic nitrogens is 6. The highest BCUT2D eigenvalue weighted by Crippen LogP contribution is 2.11. The summed E-state index contributed by atoms with van der Waals surface area (Å²) in [5.41, 5.74) is 1.82. The van der Waals surface area contributed by atoms with Gasteiger partial charge in [-0.1, -0.05) is 0 Å². The smallest absolute Gasteiger partial charge is 0.258 e. The molecule has 0 fully saturated rings. The molecule has 0 atom stereocenters. The number of nitrogens with one attached hydrogen (secondary N) is 3. The van der Waals surface area contributed by atoms with Crippen molar-refractivity contribution in [2.75, 3.05) is 5.32 Å². The molecule has 0 aliphatic carbocycles. The summed E-state index contributed by atoms with van der Waals surface area (Å²) in [5, 5.41) is 19.0. The van der Waals surface area contributed by atoms with E-state index in [0.717, 1.165) is 0 Å². The zero-order valence-corrected chi connectivity index (χ0v) is 8.51. The number of hydrogen-bond donors (Lipinski definition) is 3. The van der Waals surface area contributed by atoms with Crippen LogP contribution in [-0.4, -0.2) is 36.5 Å². The van der Waals surface area contributed by atoms with Gasteiger partial charge in [-0.25, -0.2) is 5.10 Å². The van der Waals surface area contributed by atoms with Crippen molar-refractivity contribution in [2.24, 2.45) is 0 Å². The molecular weight excluding hydrogens is 222 g/mol. The van der Waals surface area contributed by atoms with E-state index < -0.39 is 0 Å². The zero-order chi connectivity index (χ0) is 11.7. The van der Waals surface area contributed by atoms with Crippen molar-refractivity contribution in [3.63, 3.8) is 0 Å². The molecule has 3 aromatic rings. The van der Waals surface area contributed by atoms with Gasteiger partial charge in [0.15, 0.2) is 0 Å².